The molecule has 0 fully saturated rings. The van der Waals surface area contributed by atoms with E-state index in [4.69, 9.17) is 11.5 Å². The number of nitro groups is 1. The average molecular weight is 464 g/mol. The molecule has 0 heterocycles. The van der Waals surface area contributed by atoms with Gasteiger partial charge in [-0.1, -0.05) is 26.0 Å². The maximum Gasteiger partial charge on any atom is 0.269 e. The minimum absolute atomic E-state index is 0.0448. The van der Waals surface area contributed by atoms with Gasteiger partial charge in [0.25, 0.3) is 5.69 Å². The molecular formula is C21H33N7O5. The fourth-order valence-corrected chi connectivity index (χ4v) is 3.34. The highest BCUT2D eigenvalue weighted by Crippen LogP contribution is 2.15. The Balaban J connectivity index is 2.95. The van der Waals surface area contributed by atoms with Crippen molar-refractivity contribution in [3.8, 4) is 0 Å². The molecule has 0 radical (unpaired) electrons. The number of rotatable bonds is 13. The first kappa shape index (κ1) is 27.5. The van der Waals surface area contributed by atoms with Crippen LogP contribution in [-0.2, 0) is 20.8 Å². The lowest BCUT2D eigenvalue weighted by molar-refractivity contribution is -0.384. The van der Waals surface area contributed by atoms with E-state index in [-0.39, 0.29) is 31.0 Å². The number of guanidine groups is 1. The summed E-state index contributed by atoms with van der Waals surface area (Å²) in [6, 6.07) is 4.34. The fraction of sp³-hybridized carbons (Fsp3) is 0.524. The summed E-state index contributed by atoms with van der Waals surface area (Å²) in [5, 5.41) is 15.8. The van der Waals surface area contributed by atoms with Gasteiger partial charge in [-0.25, -0.2) is 0 Å². The summed E-state index contributed by atoms with van der Waals surface area (Å²) in [5.41, 5.74) is 11.2. The Morgan fingerprint density at radius 1 is 1.12 bits per heavy atom. The average Bonchev–Trinajstić information content (AvgIpc) is 2.75. The molecule has 2 atom stereocenters. The largest absolute Gasteiger partial charge is 0.370 e. The molecule has 33 heavy (non-hydrogen) atoms. The zero-order valence-electron chi connectivity index (χ0n) is 19.2. The monoisotopic (exact) mass is 463 g/mol. The lowest BCUT2D eigenvalue weighted by Gasteiger charge is -2.29. The maximum absolute atomic E-state index is 13.1. The Bertz CT molecular complexity index is 849. The number of carbonyl (C=O) groups excluding carboxylic acids is 3. The molecule has 0 unspecified atom stereocenters. The molecular weight excluding hydrogens is 430 g/mol. The van der Waals surface area contributed by atoms with Crippen LogP contribution in [0.15, 0.2) is 29.3 Å². The van der Waals surface area contributed by atoms with Gasteiger partial charge in [-0.3, -0.25) is 39.7 Å². The van der Waals surface area contributed by atoms with Gasteiger partial charge in [-0.2, -0.15) is 0 Å². The molecule has 6 N–H and O–H groups in total. The molecule has 182 valence electrons. The van der Waals surface area contributed by atoms with Crippen LogP contribution in [0.5, 0.6) is 0 Å². The van der Waals surface area contributed by atoms with Crippen molar-refractivity contribution < 1.29 is 19.3 Å². The molecule has 1 aromatic carbocycles. The van der Waals surface area contributed by atoms with Crippen molar-refractivity contribution in [3.05, 3.63) is 39.9 Å². The molecule has 0 saturated carbocycles. The van der Waals surface area contributed by atoms with Crippen LogP contribution in [0.3, 0.4) is 0 Å². The van der Waals surface area contributed by atoms with Gasteiger partial charge in [-0.05, 0) is 37.9 Å². The van der Waals surface area contributed by atoms with E-state index in [2.05, 4.69) is 15.6 Å². The lowest BCUT2D eigenvalue weighted by atomic mass is 10.0. The molecule has 1 rings (SSSR count). The van der Waals surface area contributed by atoms with Crippen LogP contribution in [0.4, 0.5) is 5.69 Å². The van der Waals surface area contributed by atoms with Crippen molar-refractivity contribution in [2.75, 3.05) is 19.6 Å². The highest BCUT2D eigenvalue weighted by molar-refractivity contribution is 6.01. The number of imide groups is 1. The second-order valence-electron chi connectivity index (χ2n) is 7.42. The van der Waals surface area contributed by atoms with Crippen LogP contribution >= 0.6 is 0 Å². The molecule has 0 aliphatic heterocycles. The van der Waals surface area contributed by atoms with E-state index in [0.717, 1.165) is 5.56 Å². The lowest BCUT2D eigenvalue weighted by Crippen LogP contribution is -2.54. The minimum Gasteiger partial charge on any atom is -0.370 e. The molecule has 0 aromatic heterocycles. The third-order valence-electron chi connectivity index (χ3n) is 5.02. The van der Waals surface area contributed by atoms with E-state index in [1.807, 2.05) is 18.7 Å². The Labute approximate surface area is 192 Å². The van der Waals surface area contributed by atoms with Crippen molar-refractivity contribution in [1.82, 2.24) is 15.5 Å². The predicted molar refractivity (Wildman–Crippen MR) is 124 cm³/mol. The van der Waals surface area contributed by atoms with E-state index < -0.39 is 34.7 Å². The number of aliphatic imine (C=N–C) groups is 1. The Hall–Kier alpha value is -3.54. The quantitative estimate of drug-likeness (QED) is 0.104. The number of nitro benzene ring substituents is 1. The number of non-ortho nitro benzene ring substituents is 1. The summed E-state index contributed by atoms with van der Waals surface area (Å²) >= 11 is 0. The SMILES string of the molecule is CCN(CC)[C@@H](Cc1ccc([N+](=O)[O-])cc1)C(=O)NC(=O)[C@H](CCCN=C(N)N)NC(C)=O. The number of hydrogen-bond donors (Lipinski definition) is 4. The first-order valence-electron chi connectivity index (χ1n) is 10.7. The van der Waals surface area contributed by atoms with Crippen molar-refractivity contribution in [1.29, 1.82) is 0 Å². The van der Waals surface area contributed by atoms with Gasteiger partial charge in [0.05, 0.1) is 11.0 Å². The first-order chi connectivity index (χ1) is 15.6. The summed E-state index contributed by atoms with van der Waals surface area (Å²) in [6.07, 6.45) is 0.925. The van der Waals surface area contributed by atoms with Gasteiger partial charge in [0.15, 0.2) is 5.96 Å². The van der Waals surface area contributed by atoms with Gasteiger partial charge in [0.2, 0.25) is 17.7 Å². The van der Waals surface area contributed by atoms with Gasteiger partial charge in [0.1, 0.15) is 6.04 Å². The van der Waals surface area contributed by atoms with E-state index in [0.29, 0.717) is 19.5 Å². The smallest absolute Gasteiger partial charge is 0.269 e. The summed E-state index contributed by atoms with van der Waals surface area (Å²) in [6.45, 7) is 6.47. The number of carbonyl (C=O) groups is 3. The zero-order chi connectivity index (χ0) is 25.0. The molecule has 0 spiro atoms. The fourth-order valence-electron chi connectivity index (χ4n) is 3.34. The van der Waals surface area contributed by atoms with E-state index in [1.54, 1.807) is 12.1 Å². The van der Waals surface area contributed by atoms with Gasteiger partial charge in [-0.15, -0.1) is 0 Å². The molecule has 0 aliphatic rings. The molecule has 1 aromatic rings. The third-order valence-corrected chi connectivity index (χ3v) is 5.02. The number of likely N-dealkylation sites (N-methyl/N-ethyl adjacent to an activating group) is 1. The summed E-state index contributed by atoms with van der Waals surface area (Å²) in [4.78, 5) is 53.5. The standard InChI is InChI=1S/C21H33N7O5/c1-4-27(5-2)18(13-15-8-10-16(11-9-15)28(32)33)20(31)26-19(30)17(25-14(3)29)7-6-12-24-21(22)23/h8-11,17-18H,4-7,12-13H2,1-3H3,(H,25,29)(H4,22,23,24)(H,26,30,31)/t17-,18-/m0/s1. The van der Waals surface area contributed by atoms with E-state index in [9.17, 15) is 24.5 Å². The molecule has 0 aliphatic carbocycles. The number of nitrogens with two attached hydrogens (primary N) is 2. The highest BCUT2D eigenvalue weighted by atomic mass is 16.6. The Morgan fingerprint density at radius 2 is 1.73 bits per heavy atom. The van der Waals surface area contributed by atoms with Crippen molar-refractivity contribution >= 4 is 29.4 Å². The van der Waals surface area contributed by atoms with Crippen molar-refractivity contribution in [3.63, 3.8) is 0 Å². The zero-order valence-corrected chi connectivity index (χ0v) is 19.2. The van der Waals surface area contributed by atoms with E-state index in [1.165, 1.54) is 19.1 Å². The van der Waals surface area contributed by atoms with Crippen molar-refractivity contribution in [2.45, 2.75) is 52.1 Å². The normalized spacial score (nSPS) is 12.5. The molecule has 12 nitrogen and oxygen atoms in total. The Morgan fingerprint density at radius 3 is 2.21 bits per heavy atom. The van der Waals surface area contributed by atoms with Crippen LogP contribution in [-0.4, -0.2) is 65.2 Å². The predicted octanol–water partition coefficient (Wildman–Crippen LogP) is 0.0488. The van der Waals surface area contributed by atoms with Crippen LogP contribution in [0.2, 0.25) is 0 Å². The van der Waals surface area contributed by atoms with Gasteiger partial charge < -0.3 is 16.8 Å². The first-order valence-corrected chi connectivity index (χ1v) is 10.7. The van der Waals surface area contributed by atoms with Crippen molar-refractivity contribution in [2.24, 2.45) is 16.5 Å². The molecule has 12 heteroatoms. The van der Waals surface area contributed by atoms with Gasteiger partial charge in [0, 0.05) is 25.6 Å². The van der Waals surface area contributed by atoms with Crippen LogP contribution in [0.1, 0.15) is 39.2 Å². The molecule has 0 saturated heterocycles. The second-order valence-corrected chi connectivity index (χ2v) is 7.42. The third kappa shape index (κ3) is 9.64. The second kappa shape index (κ2) is 13.8. The van der Waals surface area contributed by atoms with Crippen LogP contribution < -0.4 is 22.1 Å². The number of benzene rings is 1. The summed E-state index contributed by atoms with van der Waals surface area (Å²) in [7, 11) is 0. The summed E-state index contributed by atoms with van der Waals surface area (Å²) in [5.74, 6) is -1.61. The van der Waals surface area contributed by atoms with E-state index >= 15 is 0 Å². The minimum atomic E-state index is -0.919. The highest BCUT2D eigenvalue weighted by Gasteiger charge is 2.28. The number of amides is 3. The maximum atomic E-state index is 13.1. The Kier molecular flexibility index (Phi) is 11.5. The molecule has 0 bridgehead atoms. The number of nitrogens with zero attached hydrogens (tertiary/aromatic N) is 3. The van der Waals surface area contributed by atoms with Crippen LogP contribution in [0, 0.1) is 10.1 Å². The van der Waals surface area contributed by atoms with Gasteiger partial charge >= 0.3 is 0 Å². The molecule has 3 amide bonds. The number of nitrogens with one attached hydrogen (secondary N) is 2. The topological polar surface area (TPSA) is 186 Å². The number of hydrogen-bond acceptors (Lipinski definition) is 7. The summed E-state index contributed by atoms with van der Waals surface area (Å²) < 4.78 is 0. The van der Waals surface area contributed by atoms with Crippen LogP contribution in [0.25, 0.3) is 0 Å².